The molecule has 1 saturated heterocycles. The Morgan fingerprint density at radius 3 is 2.42 bits per heavy atom. The van der Waals surface area contributed by atoms with E-state index in [1.165, 1.54) is 9.54 Å². The van der Waals surface area contributed by atoms with Gasteiger partial charge in [0.25, 0.3) is 10.0 Å². The van der Waals surface area contributed by atoms with E-state index in [1.54, 1.807) is 43.7 Å². The van der Waals surface area contributed by atoms with Crippen molar-refractivity contribution in [2.45, 2.75) is 57.3 Å². The van der Waals surface area contributed by atoms with E-state index in [4.69, 9.17) is 4.98 Å². The molecule has 1 aliphatic rings. The van der Waals surface area contributed by atoms with Crippen LogP contribution in [0.25, 0.3) is 27.9 Å². The summed E-state index contributed by atoms with van der Waals surface area (Å²) in [7, 11) is -3.85. The van der Waals surface area contributed by atoms with Gasteiger partial charge < -0.3 is 4.90 Å². The Hall–Kier alpha value is -3.98. The Kier molecular flexibility index (Phi) is 6.49. The monoisotopic (exact) mass is 555 g/mol. The average molecular weight is 556 g/mol. The number of piperidine rings is 1. The lowest BCUT2D eigenvalue weighted by atomic mass is 9.93. The molecule has 0 aliphatic carbocycles. The average Bonchev–Trinajstić information content (AvgIpc) is 3.56. The summed E-state index contributed by atoms with van der Waals surface area (Å²) >= 11 is 0. The second-order valence-electron chi connectivity index (χ2n) is 11.0. The molecule has 1 amide bonds. The topological polar surface area (TPSA) is 89.6 Å². The summed E-state index contributed by atoms with van der Waals surface area (Å²) < 4.78 is 30.5. The number of imidazole rings is 1. The molecule has 1 aliphatic heterocycles. The maximum absolute atomic E-state index is 13.6. The van der Waals surface area contributed by atoms with Crippen LogP contribution in [-0.4, -0.2) is 50.7 Å². The van der Waals surface area contributed by atoms with E-state index in [2.05, 4.69) is 43.1 Å². The Morgan fingerprint density at radius 2 is 1.75 bits per heavy atom. The number of carbonyl (C=O) groups is 1. The molecule has 206 valence electrons. The maximum Gasteiger partial charge on any atom is 0.269 e. The van der Waals surface area contributed by atoms with E-state index in [0.717, 1.165) is 47.5 Å². The van der Waals surface area contributed by atoms with Crippen molar-refractivity contribution in [3.63, 3.8) is 0 Å². The van der Waals surface area contributed by atoms with Gasteiger partial charge in [-0.25, -0.2) is 22.4 Å². The highest BCUT2D eigenvalue weighted by Gasteiger charge is 2.30. The van der Waals surface area contributed by atoms with Gasteiger partial charge in [0.1, 0.15) is 12.2 Å². The minimum absolute atomic E-state index is 0.0268. The number of benzene rings is 2. The number of rotatable bonds is 5. The van der Waals surface area contributed by atoms with Crippen molar-refractivity contribution in [3.8, 4) is 11.4 Å². The number of nitrogens with zero attached hydrogens (tertiary/aromatic N) is 5. The summed E-state index contributed by atoms with van der Waals surface area (Å²) in [6, 6.07) is 17.0. The predicted molar refractivity (Wildman–Crippen MR) is 156 cm³/mol. The Morgan fingerprint density at radius 1 is 1.02 bits per heavy atom. The van der Waals surface area contributed by atoms with Crippen LogP contribution in [0.4, 0.5) is 0 Å². The van der Waals surface area contributed by atoms with Gasteiger partial charge in [-0.1, -0.05) is 55.8 Å². The van der Waals surface area contributed by atoms with E-state index in [1.807, 2.05) is 22.3 Å². The molecule has 5 aromatic rings. The van der Waals surface area contributed by atoms with Crippen molar-refractivity contribution >= 4 is 32.5 Å². The molecule has 2 aromatic carbocycles. The maximum atomic E-state index is 13.6. The largest absolute Gasteiger partial charge is 0.342 e. The highest BCUT2D eigenvalue weighted by molar-refractivity contribution is 7.90. The van der Waals surface area contributed by atoms with Crippen LogP contribution in [-0.2, 0) is 14.8 Å². The molecule has 8 nitrogen and oxygen atoms in total. The molecule has 4 heterocycles. The highest BCUT2D eigenvalue weighted by atomic mass is 32.2. The van der Waals surface area contributed by atoms with Gasteiger partial charge in [0.2, 0.25) is 5.91 Å². The van der Waals surface area contributed by atoms with Crippen LogP contribution in [0.15, 0.2) is 72.0 Å². The standard InChI is InChI=1S/C31H33N5O3S/c1-20(2)23-9-11-24(12-10-23)30-33-28(25-6-5-16-34(18-25)22(4)37)29-27-15-17-36(31(27)32-19-35(29)30)40(38,39)26-13-7-21(3)8-14-26/h7-15,17,19-20,25H,5-6,16,18H2,1-4H3. The van der Waals surface area contributed by atoms with Gasteiger partial charge >= 0.3 is 0 Å². The second-order valence-corrected chi connectivity index (χ2v) is 12.8. The number of aromatic nitrogens is 4. The molecule has 0 N–H and O–H groups in total. The Balaban J connectivity index is 1.56. The summed E-state index contributed by atoms with van der Waals surface area (Å²) in [5.41, 5.74) is 5.25. The quantitative estimate of drug-likeness (QED) is 0.276. The predicted octanol–water partition coefficient (Wildman–Crippen LogP) is 5.75. The first-order valence-corrected chi connectivity index (χ1v) is 15.1. The Labute approximate surface area is 234 Å². The molecule has 1 unspecified atom stereocenters. The molecule has 1 fully saturated rings. The van der Waals surface area contributed by atoms with Crippen molar-refractivity contribution in [1.82, 2.24) is 23.2 Å². The summed E-state index contributed by atoms with van der Waals surface area (Å²) in [5, 5.41) is 0.714. The van der Waals surface area contributed by atoms with Crippen LogP contribution in [0.5, 0.6) is 0 Å². The molecular weight excluding hydrogens is 522 g/mol. The number of likely N-dealkylation sites (tertiary alicyclic amines) is 1. The first-order valence-electron chi connectivity index (χ1n) is 13.7. The smallest absolute Gasteiger partial charge is 0.269 e. The normalized spacial score (nSPS) is 16.3. The number of fused-ring (bicyclic) bond motifs is 3. The van der Waals surface area contributed by atoms with Crippen molar-refractivity contribution in [3.05, 3.63) is 83.9 Å². The van der Waals surface area contributed by atoms with Crippen LogP contribution >= 0.6 is 0 Å². The number of aryl methyl sites for hydroxylation is 1. The third-order valence-corrected chi connectivity index (χ3v) is 9.66. The third kappa shape index (κ3) is 4.38. The lowest BCUT2D eigenvalue weighted by Crippen LogP contribution is -2.37. The first-order chi connectivity index (χ1) is 19.1. The Bertz CT molecular complexity index is 1830. The summed E-state index contributed by atoms with van der Waals surface area (Å²) in [5.74, 6) is 1.25. The fourth-order valence-electron chi connectivity index (χ4n) is 5.67. The zero-order valence-corrected chi connectivity index (χ0v) is 24.0. The summed E-state index contributed by atoms with van der Waals surface area (Å²) in [4.78, 5) is 24.2. The lowest BCUT2D eigenvalue weighted by molar-refractivity contribution is -0.130. The van der Waals surface area contributed by atoms with Gasteiger partial charge in [-0.15, -0.1) is 0 Å². The molecule has 1 atom stereocenters. The van der Waals surface area contributed by atoms with Gasteiger partial charge in [-0.2, -0.15) is 0 Å². The van der Waals surface area contributed by atoms with Crippen molar-refractivity contribution in [1.29, 1.82) is 0 Å². The molecular formula is C31H33N5O3S. The molecule has 0 spiro atoms. The second kappa shape index (κ2) is 9.89. The van der Waals surface area contributed by atoms with Crippen LogP contribution in [0.1, 0.15) is 62.3 Å². The third-order valence-electron chi connectivity index (χ3n) is 7.98. The molecule has 6 rings (SSSR count). The fourth-order valence-corrected chi connectivity index (χ4v) is 6.97. The number of carbonyl (C=O) groups excluding carboxylic acids is 1. The molecule has 40 heavy (non-hydrogen) atoms. The molecule has 0 bridgehead atoms. The molecule has 0 saturated carbocycles. The molecule has 3 aromatic heterocycles. The molecule has 9 heteroatoms. The van der Waals surface area contributed by atoms with Crippen LogP contribution in [0, 0.1) is 6.92 Å². The highest BCUT2D eigenvalue weighted by Crippen LogP contribution is 2.36. The zero-order chi connectivity index (χ0) is 28.2. The van der Waals surface area contributed by atoms with E-state index in [9.17, 15) is 13.2 Å². The lowest BCUT2D eigenvalue weighted by Gasteiger charge is -2.31. The van der Waals surface area contributed by atoms with Crippen molar-refractivity contribution in [2.75, 3.05) is 13.1 Å². The van der Waals surface area contributed by atoms with Gasteiger partial charge in [-0.3, -0.25) is 9.20 Å². The zero-order valence-electron chi connectivity index (χ0n) is 23.2. The summed E-state index contributed by atoms with van der Waals surface area (Å²) in [6.07, 6.45) is 5.03. The van der Waals surface area contributed by atoms with Gasteiger partial charge in [0.05, 0.1) is 16.1 Å². The first kappa shape index (κ1) is 26.3. The van der Waals surface area contributed by atoms with Gasteiger partial charge in [0, 0.05) is 43.1 Å². The van der Waals surface area contributed by atoms with Crippen molar-refractivity contribution < 1.29 is 13.2 Å². The van der Waals surface area contributed by atoms with E-state index >= 15 is 0 Å². The van der Waals surface area contributed by atoms with E-state index in [-0.39, 0.29) is 16.7 Å². The van der Waals surface area contributed by atoms with Crippen LogP contribution in [0.3, 0.4) is 0 Å². The number of hydrogen-bond donors (Lipinski definition) is 0. The SMILES string of the molecule is CC(=O)N1CCCC(c2nc(-c3ccc(C(C)C)cc3)n3cnc4c(ccn4S(=O)(=O)c4ccc(C)cc4)c23)C1. The minimum atomic E-state index is -3.85. The van der Waals surface area contributed by atoms with Crippen LogP contribution in [0.2, 0.25) is 0 Å². The number of amides is 1. The van der Waals surface area contributed by atoms with E-state index < -0.39 is 10.0 Å². The van der Waals surface area contributed by atoms with Crippen molar-refractivity contribution in [2.24, 2.45) is 0 Å². The minimum Gasteiger partial charge on any atom is -0.342 e. The molecule has 0 radical (unpaired) electrons. The summed E-state index contributed by atoms with van der Waals surface area (Å²) in [6.45, 7) is 9.18. The van der Waals surface area contributed by atoms with Gasteiger partial charge in [-0.05, 0) is 49.4 Å². The van der Waals surface area contributed by atoms with Gasteiger partial charge in [0.15, 0.2) is 5.65 Å². The fraction of sp³-hybridized carbons (Fsp3) is 0.323. The number of hydrogen-bond acceptors (Lipinski definition) is 5. The van der Waals surface area contributed by atoms with E-state index in [0.29, 0.717) is 23.5 Å². The van der Waals surface area contributed by atoms with Crippen LogP contribution < -0.4 is 0 Å².